The van der Waals surface area contributed by atoms with Crippen molar-refractivity contribution in [3.63, 3.8) is 0 Å². The number of nitrogens with two attached hydrogens (primary N) is 1. The van der Waals surface area contributed by atoms with E-state index >= 15 is 0 Å². The summed E-state index contributed by atoms with van der Waals surface area (Å²) < 4.78 is 0. The van der Waals surface area contributed by atoms with Gasteiger partial charge in [0.2, 0.25) is 5.91 Å². The van der Waals surface area contributed by atoms with Crippen LogP contribution in [0.1, 0.15) is 80.8 Å². The molecule has 1 amide bonds. The van der Waals surface area contributed by atoms with Gasteiger partial charge in [0, 0.05) is 44.5 Å². The van der Waals surface area contributed by atoms with Gasteiger partial charge in [0.05, 0.1) is 0 Å². The standard InChI is InChI=1S/C40H47N3O4/c1-20(2)33-23(5)31(37(41)46)24(6)40(47)36(45)34-35(44)32-22(4)30(17-21(3)28(32)18-38(34,8)19-39(33,40)9)43-25(7)42-29-16-12-14-26-13-10-11-15-27(26)29/h11-12,14-17,20,33,42-44,47H,6-7,10,13,18-19H2,1-5,8-9H3,(H2,41,46)/t33-,38+,39+,40-/m1/s1. The largest absolute Gasteiger partial charge is 0.507 e. The van der Waals surface area contributed by atoms with Crippen LogP contribution in [-0.4, -0.2) is 27.5 Å². The van der Waals surface area contributed by atoms with Crippen molar-refractivity contribution >= 4 is 34.9 Å². The van der Waals surface area contributed by atoms with Crippen LogP contribution in [0.2, 0.25) is 0 Å². The van der Waals surface area contributed by atoms with Gasteiger partial charge >= 0.3 is 0 Å². The van der Waals surface area contributed by atoms with E-state index in [0.717, 1.165) is 52.0 Å². The number of nitrogens with one attached hydrogen (secondary N) is 2. The number of aliphatic hydroxyl groups is 2. The molecule has 1 fully saturated rings. The van der Waals surface area contributed by atoms with E-state index in [9.17, 15) is 19.8 Å². The first-order valence-electron chi connectivity index (χ1n) is 16.5. The van der Waals surface area contributed by atoms with Gasteiger partial charge in [0.25, 0.3) is 0 Å². The Labute approximate surface area is 278 Å². The molecule has 4 aliphatic carbocycles. The van der Waals surface area contributed by atoms with Gasteiger partial charge in [-0.1, -0.05) is 70.7 Å². The Morgan fingerprint density at radius 3 is 2.47 bits per heavy atom. The third kappa shape index (κ3) is 4.50. The number of Topliss-reactive ketones (excluding diaryl/α,β-unsaturated/α-hetero) is 1. The number of fused-ring (bicyclic) bond motifs is 4. The number of allylic oxidation sites excluding steroid dienone is 2. The number of hydrogen-bond donors (Lipinski definition) is 5. The van der Waals surface area contributed by atoms with Crippen LogP contribution in [0.3, 0.4) is 0 Å². The van der Waals surface area contributed by atoms with Crippen molar-refractivity contribution in [3.8, 4) is 0 Å². The first-order chi connectivity index (χ1) is 22.0. The Hall–Kier alpha value is -4.36. The number of amides is 1. The minimum Gasteiger partial charge on any atom is -0.507 e. The number of carbonyl (C=O) groups excluding carboxylic acids is 2. The number of aryl methyl sites for hydroxylation is 2. The molecule has 4 aliphatic rings. The number of benzene rings is 2. The zero-order chi connectivity index (χ0) is 34.4. The molecule has 47 heavy (non-hydrogen) atoms. The third-order valence-electron chi connectivity index (χ3n) is 11.5. The Kier molecular flexibility index (Phi) is 7.52. The van der Waals surface area contributed by atoms with Gasteiger partial charge in [0.1, 0.15) is 11.6 Å². The van der Waals surface area contributed by atoms with Gasteiger partial charge in [-0.05, 0) is 98.2 Å². The number of rotatable bonds is 6. The zero-order valence-electron chi connectivity index (χ0n) is 28.6. The summed E-state index contributed by atoms with van der Waals surface area (Å²) in [4.78, 5) is 27.6. The summed E-state index contributed by atoms with van der Waals surface area (Å²) in [5, 5.41) is 31.6. The molecule has 7 nitrogen and oxygen atoms in total. The molecule has 0 aromatic heterocycles. The van der Waals surface area contributed by atoms with Gasteiger partial charge in [-0.2, -0.15) is 0 Å². The van der Waals surface area contributed by atoms with E-state index in [2.05, 4.69) is 48.1 Å². The summed E-state index contributed by atoms with van der Waals surface area (Å²) in [5.74, 6) is -1.21. The number of hydrogen-bond acceptors (Lipinski definition) is 6. The molecule has 0 heterocycles. The van der Waals surface area contributed by atoms with E-state index in [1.165, 1.54) is 5.56 Å². The predicted octanol–water partition coefficient (Wildman–Crippen LogP) is 7.44. The lowest BCUT2D eigenvalue weighted by Crippen LogP contribution is -2.67. The van der Waals surface area contributed by atoms with Crippen molar-refractivity contribution in [2.24, 2.45) is 28.4 Å². The quantitative estimate of drug-likeness (QED) is 0.225. The van der Waals surface area contributed by atoms with Crippen LogP contribution in [0.4, 0.5) is 11.4 Å². The normalized spacial score (nSPS) is 28.1. The monoisotopic (exact) mass is 633 g/mol. The van der Waals surface area contributed by atoms with Crippen LogP contribution < -0.4 is 16.4 Å². The van der Waals surface area contributed by atoms with Gasteiger partial charge in [-0.15, -0.1) is 0 Å². The summed E-state index contributed by atoms with van der Waals surface area (Å²) in [7, 11) is 0. The van der Waals surface area contributed by atoms with E-state index in [-0.39, 0.29) is 34.3 Å². The van der Waals surface area contributed by atoms with Crippen molar-refractivity contribution in [3.05, 3.63) is 105 Å². The molecule has 0 unspecified atom stereocenters. The lowest BCUT2D eigenvalue weighted by Gasteiger charge is -2.62. The molecule has 246 valence electrons. The SMILES string of the molecule is C=C(Nc1cc(C)c2c(c1C)C(O)=C1C(=O)[C@]3(O)C(=C)C(C(N)=O)=C(C)[C@@H](C(C)C)[C@]3(C)C[C@]1(C)C2)Nc1cccc2c1C=CCC2. The maximum atomic E-state index is 14.8. The number of carbonyl (C=O) groups is 2. The van der Waals surface area contributed by atoms with Crippen LogP contribution in [0.5, 0.6) is 0 Å². The fraction of sp³-hybridized carbons (Fsp3) is 0.400. The molecule has 0 spiro atoms. The number of aliphatic hydroxyl groups excluding tert-OH is 1. The lowest BCUT2D eigenvalue weighted by atomic mass is 9.42. The molecule has 0 bridgehead atoms. The highest BCUT2D eigenvalue weighted by Crippen LogP contribution is 2.66. The van der Waals surface area contributed by atoms with Crippen molar-refractivity contribution in [2.45, 2.75) is 79.8 Å². The highest BCUT2D eigenvalue weighted by Gasteiger charge is 2.69. The third-order valence-corrected chi connectivity index (χ3v) is 11.5. The molecule has 0 aliphatic heterocycles. The minimum atomic E-state index is -2.12. The molecule has 1 saturated carbocycles. The average molecular weight is 634 g/mol. The smallest absolute Gasteiger partial charge is 0.249 e. The van der Waals surface area contributed by atoms with Crippen LogP contribution in [-0.2, 0) is 22.4 Å². The highest BCUT2D eigenvalue weighted by molar-refractivity contribution is 6.14. The van der Waals surface area contributed by atoms with Gasteiger partial charge in [-0.25, -0.2) is 0 Å². The molecule has 6 rings (SSSR count). The second-order valence-corrected chi connectivity index (χ2v) is 15.0. The number of anilines is 2. The average Bonchev–Trinajstić information content (AvgIpc) is 2.97. The van der Waals surface area contributed by atoms with E-state index in [4.69, 9.17) is 5.73 Å². The van der Waals surface area contributed by atoms with E-state index < -0.39 is 28.1 Å². The molecule has 6 N–H and O–H groups in total. The maximum Gasteiger partial charge on any atom is 0.249 e. The zero-order valence-corrected chi connectivity index (χ0v) is 28.6. The summed E-state index contributed by atoms with van der Waals surface area (Å²) >= 11 is 0. The molecule has 2 aromatic carbocycles. The van der Waals surface area contributed by atoms with Gasteiger partial charge < -0.3 is 26.6 Å². The molecular weight excluding hydrogens is 586 g/mol. The van der Waals surface area contributed by atoms with E-state index in [1.807, 2.05) is 60.6 Å². The van der Waals surface area contributed by atoms with Crippen molar-refractivity contribution in [2.75, 3.05) is 10.6 Å². The fourth-order valence-electron chi connectivity index (χ4n) is 9.83. The first kappa shape index (κ1) is 32.6. The van der Waals surface area contributed by atoms with Crippen molar-refractivity contribution < 1.29 is 19.8 Å². The van der Waals surface area contributed by atoms with Crippen LogP contribution in [0, 0.1) is 36.5 Å². The maximum absolute atomic E-state index is 14.8. The van der Waals surface area contributed by atoms with Crippen molar-refractivity contribution in [1.29, 1.82) is 0 Å². The first-order valence-corrected chi connectivity index (χ1v) is 16.5. The Morgan fingerprint density at radius 2 is 1.81 bits per heavy atom. The Balaban J connectivity index is 1.44. The second kappa shape index (κ2) is 10.8. The summed E-state index contributed by atoms with van der Waals surface area (Å²) in [6.45, 7) is 22.2. The second-order valence-electron chi connectivity index (χ2n) is 15.0. The summed E-state index contributed by atoms with van der Waals surface area (Å²) in [5.41, 5.74) is 10.5. The van der Waals surface area contributed by atoms with E-state index in [0.29, 0.717) is 24.2 Å². The summed E-state index contributed by atoms with van der Waals surface area (Å²) in [6.07, 6.45) is 7.24. The Bertz CT molecular complexity index is 1890. The minimum absolute atomic E-state index is 0.00268. The van der Waals surface area contributed by atoms with E-state index in [1.54, 1.807) is 0 Å². The highest BCUT2D eigenvalue weighted by atomic mass is 16.3. The molecule has 0 radical (unpaired) electrons. The number of ketones is 1. The van der Waals surface area contributed by atoms with Gasteiger partial charge in [-0.3, -0.25) is 9.59 Å². The topological polar surface area (TPSA) is 125 Å². The molecule has 4 atom stereocenters. The molecular formula is C40H47N3O4. The van der Waals surface area contributed by atoms with Gasteiger partial charge in [0.15, 0.2) is 11.4 Å². The van der Waals surface area contributed by atoms with Crippen LogP contribution in [0.25, 0.3) is 11.8 Å². The lowest BCUT2D eigenvalue weighted by molar-refractivity contribution is -0.163. The molecule has 2 aromatic rings. The Morgan fingerprint density at radius 1 is 1.13 bits per heavy atom. The summed E-state index contributed by atoms with van der Waals surface area (Å²) in [6, 6.07) is 8.28. The van der Waals surface area contributed by atoms with Crippen LogP contribution >= 0.6 is 0 Å². The van der Waals surface area contributed by atoms with Crippen molar-refractivity contribution in [1.82, 2.24) is 0 Å². The molecule has 7 heteroatoms. The van der Waals surface area contributed by atoms with Crippen LogP contribution in [0.15, 0.2) is 71.6 Å². The predicted molar refractivity (Wildman–Crippen MR) is 190 cm³/mol. The fourth-order valence-corrected chi connectivity index (χ4v) is 9.83. The molecule has 0 saturated heterocycles. The number of primary amides is 1.